The normalized spacial score (nSPS) is 23.4. The van der Waals surface area contributed by atoms with Crippen LogP contribution >= 0.6 is 0 Å². The van der Waals surface area contributed by atoms with E-state index in [1.807, 2.05) is 24.3 Å². The zero-order chi connectivity index (χ0) is 13.8. The molecule has 1 fully saturated rings. The van der Waals surface area contributed by atoms with Gasteiger partial charge in [-0.2, -0.15) is 0 Å². The van der Waals surface area contributed by atoms with Crippen LogP contribution in [0.5, 0.6) is 0 Å². The first-order valence-electron chi connectivity index (χ1n) is 6.83. The number of hydrogen-bond donors (Lipinski definition) is 2. The molecule has 1 aliphatic rings. The second-order valence-electron chi connectivity index (χ2n) is 5.23. The van der Waals surface area contributed by atoms with Crippen LogP contribution in [0, 0.1) is 0 Å². The number of piperazine rings is 1. The minimum atomic E-state index is 0.0868. The topological polar surface area (TPSA) is 52.6 Å². The number of aliphatic hydroxyl groups excluding tert-OH is 1. The number of nitrogens with zero attached hydrogens (tertiary/aromatic N) is 1. The summed E-state index contributed by atoms with van der Waals surface area (Å²) in [6.07, 6.45) is 0.740. The van der Waals surface area contributed by atoms with E-state index in [0.717, 1.165) is 30.8 Å². The number of hydrogen-bond acceptors (Lipinski definition) is 4. The number of rotatable bonds is 4. The van der Waals surface area contributed by atoms with Crippen molar-refractivity contribution in [3.63, 3.8) is 0 Å². The van der Waals surface area contributed by atoms with E-state index in [1.54, 1.807) is 6.92 Å². The van der Waals surface area contributed by atoms with E-state index >= 15 is 0 Å². The SMILES string of the molecule is CC(=O)c1cccc(N2CC(C)NCC2CCO)c1. The molecule has 0 aromatic heterocycles. The van der Waals surface area contributed by atoms with Gasteiger partial charge in [0.25, 0.3) is 0 Å². The number of carbonyl (C=O) groups is 1. The van der Waals surface area contributed by atoms with E-state index < -0.39 is 0 Å². The molecule has 19 heavy (non-hydrogen) atoms. The van der Waals surface area contributed by atoms with Gasteiger partial charge in [0.05, 0.1) is 0 Å². The Hall–Kier alpha value is -1.39. The molecule has 1 aromatic rings. The van der Waals surface area contributed by atoms with Crippen molar-refractivity contribution in [3.8, 4) is 0 Å². The molecule has 2 N–H and O–H groups in total. The van der Waals surface area contributed by atoms with Crippen LogP contribution < -0.4 is 10.2 Å². The van der Waals surface area contributed by atoms with Gasteiger partial charge in [0.2, 0.25) is 0 Å². The quantitative estimate of drug-likeness (QED) is 0.806. The Kier molecular flexibility index (Phi) is 4.56. The lowest BCUT2D eigenvalue weighted by Crippen LogP contribution is -2.56. The Labute approximate surface area is 114 Å². The molecule has 0 bridgehead atoms. The maximum atomic E-state index is 11.5. The standard InChI is InChI=1S/C15H22N2O2/c1-11-10-17(15(6-7-18)9-16-11)14-5-3-4-13(8-14)12(2)19/h3-5,8,11,15-16,18H,6-7,9-10H2,1-2H3. The fourth-order valence-corrected chi connectivity index (χ4v) is 2.58. The van der Waals surface area contributed by atoms with E-state index in [-0.39, 0.29) is 18.4 Å². The van der Waals surface area contributed by atoms with Crippen molar-refractivity contribution in [1.82, 2.24) is 5.32 Å². The van der Waals surface area contributed by atoms with Crippen molar-refractivity contribution in [2.24, 2.45) is 0 Å². The summed E-state index contributed by atoms with van der Waals surface area (Å²) < 4.78 is 0. The Morgan fingerprint density at radius 3 is 3.00 bits per heavy atom. The molecule has 104 valence electrons. The number of anilines is 1. The predicted molar refractivity (Wildman–Crippen MR) is 76.7 cm³/mol. The van der Waals surface area contributed by atoms with Gasteiger partial charge in [-0.1, -0.05) is 12.1 Å². The maximum absolute atomic E-state index is 11.5. The van der Waals surface area contributed by atoms with Gasteiger partial charge in [-0.15, -0.1) is 0 Å². The second kappa shape index (κ2) is 6.17. The average Bonchev–Trinajstić information content (AvgIpc) is 2.41. The molecular weight excluding hydrogens is 240 g/mol. The van der Waals surface area contributed by atoms with Gasteiger partial charge in [0.1, 0.15) is 0 Å². The summed E-state index contributed by atoms with van der Waals surface area (Å²) >= 11 is 0. The summed E-state index contributed by atoms with van der Waals surface area (Å²) in [4.78, 5) is 13.8. The summed E-state index contributed by atoms with van der Waals surface area (Å²) in [5, 5.41) is 12.6. The first-order chi connectivity index (χ1) is 9.11. The van der Waals surface area contributed by atoms with Crippen molar-refractivity contribution in [1.29, 1.82) is 0 Å². The molecule has 2 unspecified atom stereocenters. The zero-order valence-electron chi connectivity index (χ0n) is 11.6. The van der Waals surface area contributed by atoms with Crippen LogP contribution in [-0.2, 0) is 0 Å². The number of benzene rings is 1. The number of ketones is 1. The molecule has 4 nitrogen and oxygen atoms in total. The third-order valence-electron chi connectivity index (χ3n) is 3.66. The van der Waals surface area contributed by atoms with E-state index in [4.69, 9.17) is 0 Å². The van der Waals surface area contributed by atoms with Crippen LogP contribution in [0.25, 0.3) is 0 Å². The van der Waals surface area contributed by atoms with Gasteiger partial charge in [-0.3, -0.25) is 4.79 Å². The summed E-state index contributed by atoms with van der Waals surface area (Å²) in [6, 6.07) is 8.45. The van der Waals surface area contributed by atoms with Crippen LogP contribution in [0.2, 0.25) is 0 Å². The van der Waals surface area contributed by atoms with Gasteiger partial charge in [0.15, 0.2) is 5.78 Å². The van der Waals surface area contributed by atoms with Gasteiger partial charge in [-0.25, -0.2) is 0 Å². The molecule has 2 rings (SSSR count). The molecule has 0 amide bonds. The van der Waals surface area contributed by atoms with E-state index in [0.29, 0.717) is 6.04 Å². The summed E-state index contributed by atoms with van der Waals surface area (Å²) in [5.41, 5.74) is 1.81. The first kappa shape index (κ1) is 14.0. The molecule has 0 spiro atoms. The van der Waals surface area contributed by atoms with Crippen molar-refractivity contribution < 1.29 is 9.90 Å². The molecule has 0 aliphatic carbocycles. The highest BCUT2D eigenvalue weighted by Crippen LogP contribution is 2.22. The van der Waals surface area contributed by atoms with Gasteiger partial charge >= 0.3 is 0 Å². The highest BCUT2D eigenvalue weighted by atomic mass is 16.3. The largest absolute Gasteiger partial charge is 0.396 e. The van der Waals surface area contributed by atoms with Crippen LogP contribution in [0.15, 0.2) is 24.3 Å². The second-order valence-corrected chi connectivity index (χ2v) is 5.23. The fourth-order valence-electron chi connectivity index (χ4n) is 2.58. The van der Waals surface area contributed by atoms with Crippen LogP contribution in [0.1, 0.15) is 30.6 Å². The van der Waals surface area contributed by atoms with Crippen LogP contribution in [0.3, 0.4) is 0 Å². The predicted octanol–water partition coefficient (Wildman–Crippen LogP) is 1.44. The highest BCUT2D eigenvalue weighted by Gasteiger charge is 2.25. The Morgan fingerprint density at radius 1 is 1.53 bits per heavy atom. The molecule has 1 heterocycles. The summed E-state index contributed by atoms with van der Waals surface area (Å²) in [7, 11) is 0. The lowest BCUT2D eigenvalue weighted by atomic mass is 10.0. The third-order valence-corrected chi connectivity index (χ3v) is 3.66. The smallest absolute Gasteiger partial charge is 0.159 e. The molecule has 0 radical (unpaired) electrons. The Balaban J connectivity index is 2.25. The molecular formula is C15H22N2O2. The van der Waals surface area contributed by atoms with Crippen LogP contribution in [-0.4, -0.2) is 42.7 Å². The monoisotopic (exact) mass is 262 g/mol. The first-order valence-corrected chi connectivity index (χ1v) is 6.83. The number of carbonyl (C=O) groups excluding carboxylic acids is 1. The van der Waals surface area contributed by atoms with Crippen LogP contribution in [0.4, 0.5) is 5.69 Å². The van der Waals surface area contributed by atoms with E-state index in [1.165, 1.54) is 0 Å². The fraction of sp³-hybridized carbons (Fsp3) is 0.533. The van der Waals surface area contributed by atoms with E-state index in [2.05, 4.69) is 17.1 Å². The van der Waals surface area contributed by atoms with Gasteiger partial charge < -0.3 is 15.3 Å². The lowest BCUT2D eigenvalue weighted by Gasteiger charge is -2.41. The molecule has 1 saturated heterocycles. The average molecular weight is 262 g/mol. The molecule has 2 atom stereocenters. The van der Waals surface area contributed by atoms with Crippen molar-refractivity contribution in [3.05, 3.63) is 29.8 Å². The van der Waals surface area contributed by atoms with Crippen molar-refractivity contribution in [2.45, 2.75) is 32.4 Å². The maximum Gasteiger partial charge on any atom is 0.159 e. The van der Waals surface area contributed by atoms with E-state index in [9.17, 15) is 9.90 Å². The van der Waals surface area contributed by atoms with Gasteiger partial charge in [0, 0.05) is 43.0 Å². The lowest BCUT2D eigenvalue weighted by molar-refractivity contribution is 0.101. The Morgan fingerprint density at radius 2 is 2.32 bits per heavy atom. The highest BCUT2D eigenvalue weighted by molar-refractivity contribution is 5.95. The van der Waals surface area contributed by atoms with Crippen molar-refractivity contribution >= 4 is 11.5 Å². The van der Waals surface area contributed by atoms with Crippen molar-refractivity contribution in [2.75, 3.05) is 24.6 Å². The minimum Gasteiger partial charge on any atom is -0.396 e. The molecule has 4 heteroatoms. The molecule has 1 aromatic carbocycles. The Bertz CT molecular complexity index is 448. The number of aliphatic hydroxyl groups is 1. The van der Waals surface area contributed by atoms with Gasteiger partial charge in [-0.05, 0) is 32.4 Å². The summed E-state index contributed by atoms with van der Waals surface area (Å²) in [6.45, 7) is 5.68. The summed E-state index contributed by atoms with van der Waals surface area (Å²) in [5.74, 6) is 0.0868. The number of Topliss-reactive ketones (excluding diaryl/α,β-unsaturated/α-hetero) is 1. The molecule has 1 aliphatic heterocycles. The number of nitrogens with one attached hydrogen (secondary N) is 1. The third kappa shape index (κ3) is 3.33. The zero-order valence-corrected chi connectivity index (χ0v) is 11.6. The minimum absolute atomic E-state index is 0.0868. The molecule has 0 saturated carbocycles.